The van der Waals surface area contributed by atoms with Gasteiger partial charge in [0.25, 0.3) is 0 Å². The van der Waals surface area contributed by atoms with Crippen molar-refractivity contribution in [2.75, 3.05) is 11.9 Å². The van der Waals surface area contributed by atoms with E-state index in [1.165, 1.54) is 22.8 Å². The maximum absolute atomic E-state index is 13.6. The average Bonchev–Trinajstić information content (AvgIpc) is 3.43. The zero-order valence-corrected chi connectivity index (χ0v) is 21.4. The number of sulfonamides is 1. The van der Waals surface area contributed by atoms with Crippen LogP contribution in [0, 0.1) is 0 Å². The average molecular weight is 521 g/mol. The van der Waals surface area contributed by atoms with Crippen molar-refractivity contribution in [2.24, 2.45) is 0 Å². The van der Waals surface area contributed by atoms with Crippen LogP contribution in [-0.4, -0.2) is 51.1 Å². The van der Waals surface area contributed by atoms with Gasteiger partial charge in [0.15, 0.2) is 0 Å². The summed E-state index contributed by atoms with van der Waals surface area (Å²) in [6.45, 7) is 3.65. The Morgan fingerprint density at radius 2 is 1.84 bits per heavy atom. The van der Waals surface area contributed by atoms with Crippen LogP contribution in [0.3, 0.4) is 0 Å². The number of hydrogen-bond acceptors (Lipinski definition) is 8. The number of benzene rings is 1. The number of nitrogens with one attached hydrogen (secondary N) is 1. The van der Waals surface area contributed by atoms with Crippen molar-refractivity contribution in [1.29, 1.82) is 0 Å². The first-order chi connectivity index (χ1) is 17.8. The lowest BCUT2D eigenvalue weighted by molar-refractivity contribution is -0.145. The van der Waals surface area contributed by atoms with Crippen molar-refractivity contribution in [3.8, 4) is 5.69 Å². The minimum atomic E-state index is -3.88. The van der Waals surface area contributed by atoms with Crippen LogP contribution in [0.25, 0.3) is 5.69 Å². The van der Waals surface area contributed by atoms with Crippen molar-refractivity contribution >= 4 is 21.8 Å². The van der Waals surface area contributed by atoms with Crippen molar-refractivity contribution < 1.29 is 17.9 Å². The molecule has 4 aromatic rings. The van der Waals surface area contributed by atoms with Gasteiger partial charge in [-0.05, 0) is 61.9 Å². The number of aromatic nitrogens is 4. The van der Waals surface area contributed by atoms with Gasteiger partial charge in [0, 0.05) is 31.3 Å². The fourth-order valence-electron chi connectivity index (χ4n) is 3.57. The molecule has 4 rings (SSSR count). The van der Waals surface area contributed by atoms with E-state index in [1.54, 1.807) is 49.0 Å². The first-order valence-electron chi connectivity index (χ1n) is 11.7. The van der Waals surface area contributed by atoms with E-state index in [9.17, 15) is 13.2 Å². The third kappa shape index (κ3) is 6.99. The van der Waals surface area contributed by atoms with Gasteiger partial charge in [0.05, 0.1) is 24.0 Å². The summed E-state index contributed by atoms with van der Waals surface area (Å²) in [4.78, 5) is 20.4. The first-order valence-corrected chi connectivity index (χ1v) is 13.1. The molecule has 192 valence electrons. The Labute approximate surface area is 216 Å². The molecule has 10 nitrogen and oxygen atoms in total. The van der Waals surface area contributed by atoms with E-state index in [2.05, 4.69) is 20.4 Å². The highest BCUT2D eigenvalue weighted by Gasteiger charge is 2.26. The summed E-state index contributed by atoms with van der Waals surface area (Å²) < 4.78 is 35.3. The Morgan fingerprint density at radius 3 is 2.51 bits per heavy atom. The summed E-state index contributed by atoms with van der Waals surface area (Å²) in [5.74, 6) is 0.0436. The highest BCUT2D eigenvalue weighted by atomic mass is 32.2. The van der Waals surface area contributed by atoms with Gasteiger partial charge in [0.1, 0.15) is 17.3 Å². The van der Waals surface area contributed by atoms with Gasteiger partial charge in [-0.1, -0.05) is 18.2 Å². The van der Waals surface area contributed by atoms with E-state index in [1.807, 2.05) is 36.5 Å². The van der Waals surface area contributed by atoms with Gasteiger partial charge in [-0.25, -0.2) is 18.1 Å². The maximum atomic E-state index is 13.6. The molecule has 0 radical (unpaired) electrons. The predicted molar refractivity (Wildman–Crippen MR) is 138 cm³/mol. The molecule has 37 heavy (non-hydrogen) atoms. The Morgan fingerprint density at radius 1 is 1.03 bits per heavy atom. The van der Waals surface area contributed by atoms with E-state index in [0.29, 0.717) is 11.5 Å². The zero-order valence-electron chi connectivity index (χ0n) is 20.6. The second kappa shape index (κ2) is 11.8. The molecule has 0 unspecified atom stereocenters. The van der Waals surface area contributed by atoms with E-state index < -0.39 is 16.0 Å². The van der Waals surface area contributed by atoms with Crippen LogP contribution in [0.15, 0.2) is 90.3 Å². The normalized spacial score (nSPS) is 11.6. The molecule has 1 N–H and O–H groups in total. The maximum Gasteiger partial charge on any atom is 0.325 e. The number of anilines is 1. The van der Waals surface area contributed by atoms with Crippen molar-refractivity contribution in [3.63, 3.8) is 0 Å². The summed E-state index contributed by atoms with van der Waals surface area (Å²) in [7, 11) is -3.88. The molecular formula is C26H28N6O4S. The van der Waals surface area contributed by atoms with Gasteiger partial charge >= 0.3 is 5.97 Å². The lowest BCUT2D eigenvalue weighted by Crippen LogP contribution is -2.31. The lowest BCUT2D eigenvalue weighted by Gasteiger charge is -2.22. The van der Waals surface area contributed by atoms with E-state index in [4.69, 9.17) is 4.74 Å². The molecule has 0 spiro atoms. The SMILES string of the molecule is CC(C)OC(=O)CNc1cccc(CN(Cc2ccc(-n3cccn3)cc2)S(=O)(=O)c2cccnc2)n1. The molecule has 0 fully saturated rings. The number of hydrogen-bond donors (Lipinski definition) is 1. The topological polar surface area (TPSA) is 119 Å². The third-order valence-corrected chi connectivity index (χ3v) is 7.04. The van der Waals surface area contributed by atoms with E-state index in [0.717, 1.165) is 11.3 Å². The predicted octanol–water partition coefficient (Wildman–Crippen LogP) is 3.42. The summed E-state index contributed by atoms with van der Waals surface area (Å²) in [5.41, 5.74) is 2.18. The van der Waals surface area contributed by atoms with Crippen LogP contribution in [0.4, 0.5) is 5.82 Å². The largest absolute Gasteiger partial charge is 0.462 e. The monoisotopic (exact) mass is 520 g/mol. The summed E-state index contributed by atoms with van der Waals surface area (Å²) in [5, 5.41) is 7.15. The van der Waals surface area contributed by atoms with Gasteiger partial charge in [-0.2, -0.15) is 9.40 Å². The van der Waals surface area contributed by atoms with Crippen LogP contribution in [0.5, 0.6) is 0 Å². The molecule has 0 saturated carbocycles. The Hall–Kier alpha value is -4.09. The molecule has 0 aliphatic carbocycles. The molecule has 3 heterocycles. The molecule has 0 atom stereocenters. The van der Waals surface area contributed by atoms with Crippen LogP contribution >= 0.6 is 0 Å². The Balaban J connectivity index is 1.56. The van der Waals surface area contributed by atoms with Gasteiger partial charge in [-0.3, -0.25) is 9.78 Å². The van der Waals surface area contributed by atoms with Gasteiger partial charge in [-0.15, -0.1) is 0 Å². The van der Waals surface area contributed by atoms with E-state index in [-0.39, 0.29) is 30.6 Å². The zero-order chi connectivity index (χ0) is 26.3. The van der Waals surface area contributed by atoms with Crippen molar-refractivity contribution in [1.82, 2.24) is 24.1 Å². The second-order valence-corrected chi connectivity index (χ2v) is 10.4. The van der Waals surface area contributed by atoms with Crippen molar-refractivity contribution in [2.45, 2.75) is 37.9 Å². The highest BCUT2D eigenvalue weighted by Crippen LogP contribution is 2.21. The Kier molecular flexibility index (Phi) is 8.26. The van der Waals surface area contributed by atoms with Gasteiger partial charge in [0.2, 0.25) is 10.0 Å². The summed E-state index contributed by atoms with van der Waals surface area (Å²) in [6, 6.07) is 17.6. The number of carbonyl (C=O) groups excluding carboxylic acids is 1. The molecule has 1 aromatic carbocycles. The van der Waals surface area contributed by atoms with Crippen LogP contribution in [0.1, 0.15) is 25.1 Å². The summed E-state index contributed by atoms with van der Waals surface area (Å²) >= 11 is 0. The number of rotatable bonds is 11. The minimum absolute atomic E-state index is 0.0180. The molecule has 0 saturated heterocycles. The quantitative estimate of drug-likeness (QED) is 0.299. The minimum Gasteiger partial charge on any atom is -0.462 e. The highest BCUT2D eigenvalue weighted by molar-refractivity contribution is 7.89. The summed E-state index contributed by atoms with van der Waals surface area (Å²) in [6.07, 6.45) is 6.17. The number of pyridine rings is 2. The van der Waals surface area contributed by atoms with Crippen LogP contribution in [0.2, 0.25) is 0 Å². The van der Waals surface area contributed by atoms with Crippen molar-refractivity contribution in [3.05, 3.63) is 96.7 Å². The Bertz CT molecular complexity index is 1410. The first kappa shape index (κ1) is 26.0. The molecule has 0 bridgehead atoms. The molecule has 3 aromatic heterocycles. The number of esters is 1. The smallest absolute Gasteiger partial charge is 0.325 e. The van der Waals surface area contributed by atoms with Crippen LogP contribution in [-0.2, 0) is 32.6 Å². The standard InChI is InChI=1S/C26H28N6O4S/c1-20(2)36-26(33)17-28-25-8-3-6-22(30-25)19-31(37(34,35)24-7-4-13-27-16-24)18-21-9-11-23(12-10-21)32-15-5-14-29-32/h3-16,20H,17-19H2,1-2H3,(H,28,30). The molecule has 0 aliphatic heterocycles. The molecule has 11 heteroatoms. The van der Waals surface area contributed by atoms with Crippen LogP contribution < -0.4 is 5.32 Å². The number of nitrogens with zero attached hydrogens (tertiary/aromatic N) is 5. The molecule has 0 aliphatic rings. The molecule has 0 amide bonds. The third-order valence-electron chi connectivity index (χ3n) is 5.26. The molecular weight excluding hydrogens is 492 g/mol. The fraction of sp³-hybridized carbons (Fsp3) is 0.231. The van der Waals surface area contributed by atoms with Gasteiger partial charge < -0.3 is 10.1 Å². The van der Waals surface area contributed by atoms with E-state index >= 15 is 0 Å². The number of carbonyl (C=O) groups is 1. The second-order valence-electron chi connectivity index (χ2n) is 8.49. The fourth-order valence-corrected chi connectivity index (χ4v) is 4.93. The number of ether oxygens (including phenoxy) is 1. The lowest BCUT2D eigenvalue weighted by atomic mass is 10.2.